The fraction of sp³-hybridized carbons (Fsp3) is 0.500. The summed E-state index contributed by atoms with van der Waals surface area (Å²) in [6.07, 6.45) is 0. The van der Waals surface area contributed by atoms with Crippen LogP contribution in [-0.2, 0) is 0 Å². The molecule has 1 aromatic heterocycles. The van der Waals surface area contributed by atoms with Crippen LogP contribution in [-0.4, -0.2) is 15.2 Å². The Morgan fingerprint density at radius 3 is 2.59 bits per heavy atom. The number of hydrogen-bond donors (Lipinski definition) is 2. The quantitative estimate of drug-likeness (QED) is 0.363. The molecule has 1 aromatic rings. The van der Waals surface area contributed by atoms with E-state index < -0.39 is 4.92 Å². The molecule has 1 rings (SSSR count). The minimum atomic E-state index is -0.452. The molecular weight excluding hydrogens is 240 g/mol. The van der Waals surface area contributed by atoms with Crippen LogP contribution < -0.4 is 11.3 Å². The van der Waals surface area contributed by atoms with E-state index in [1.807, 2.05) is 0 Å². The molecule has 94 valence electrons. The summed E-state index contributed by atoms with van der Waals surface area (Å²) in [6.45, 7) is 6.25. The summed E-state index contributed by atoms with van der Waals surface area (Å²) in [5.74, 6) is 6.01. The summed E-state index contributed by atoms with van der Waals surface area (Å²) in [5, 5.41) is 11.7. The highest BCUT2D eigenvalue weighted by Crippen LogP contribution is 2.30. The van der Waals surface area contributed by atoms with Crippen molar-refractivity contribution >= 4 is 23.3 Å². The molecule has 0 saturated heterocycles. The van der Waals surface area contributed by atoms with Crippen LogP contribution in [0.2, 0.25) is 0 Å². The third-order valence-electron chi connectivity index (χ3n) is 2.39. The second-order valence-corrected chi connectivity index (χ2v) is 5.41. The number of aromatic nitrogens is 1. The first-order valence-corrected chi connectivity index (χ1v) is 6.11. The molecule has 17 heavy (non-hydrogen) atoms. The summed E-state index contributed by atoms with van der Waals surface area (Å²) < 4.78 is 0. The minimum Gasteiger partial charge on any atom is -0.308 e. The molecule has 0 saturated carbocycles. The highest BCUT2D eigenvalue weighted by molar-refractivity contribution is 7.99. The molecule has 0 aliphatic carbocycles. The van der Waals surface area contributed by atoms with Gasteiger partial charge in [0.25, 0.3) is 5.69 Å². The topological polar surface area (TPSA) is 94.1 Å². The predicted molar refractivity (Wildman–Crippen MR) is 68.9 cm³/mol. The zero-order chi connectivity index (χ0) is 13.0. The zero-order valence-corrected chi connectivity index (χ0v) is 10.8. The molecule has 6 nitrogen and oxygen atoms in total. The van der Waals surface area contributed by atoms with E-state index in [0.29, 0.717) is 22.0 Å². The Balaban J connectivity index is 2.98. The highest BCUT2D eigenvalue weighted by Gasteiger charge is 2.15. The van der Waals surface area contributed by atoms with Crippen molar-refractivity contribution in [1.82, 2.24) is 4.98 Å². The molecule has 0 aromatic carbocycles. The maximum atomic E-state index is 10.7. The average Bonchev–Trinajstić information content (AvgIpc) is 2.28. The number of hydrazine groups is 1. The van der Waals surface area contributed by atoms with Crippen LogP contribution in [0.1, 0.15) is 20.8 Å². The molecule has 0 bridgehead atoms. The third-order valence-corrected chi connectivity index (χ3v) is 3.76. The highest BCUT2D eigenvalue weighted by atomic mass is 32.2. The van der Waals surface area contributed by atoms with Crippen LogP contribution in [0.5, 0.6) is 0 Å². The number of rotatable bonds is 5. The number of nitrogens with zero attached hydrogens (tertiary/aromatic N) is 2. The molecule has 1 atom stereocenters. The second-order valence-electron chi connectivity index (χ2n) is 4.02. The van der Waals surface area contributed by atoms with Crippen molar-refractivity contribution in [2.75, 3.05) is 5.43 Å². The lowest BCUT2D eigenvalue weighted by Crippen LogP contribution is -2.10. The van der Waals surface area contributed by atoms with Gasteiger partial charge in [-0.05, 0) is 5.92 Å². The maximum absolute atomic E-state index is 10.7. The van der Waals surface area contributed by atoms with Crippen LogP contribution >= 0.6 is 11.8 Å². The predicted octanol–water partition coefficient (Wildman–Crippen LogP) is 2.41. The van der Waals surface area contributed by atoms with E-state index in [1.165, 1.54) is 23.9 Å². The van der Waals surface area contributed by atoms with Gasteiger partial charge < -0.3 is 5.43 Å². The molecule has 0 spiro atoms. The molecule has 7 heteroatoms. The summed E-state index contributed by atoms with van der Waals surface area (Å²) in [5.41, 5.74) is 2.33. The summed E-state index contributed by atoms with van der Waals surface area (Å²) >= 11 is 1.50. The van der Waals surface area contributed by atoms with Crippen molar-refractivity contribution in [2.45, 2.75) is 31.0 Å². The number of hydrogen-bond acceptors (Lipinski definition) is 6. The zero-order valence-electron chi connectivity index (χ0n) is 10.0. The molecule has 0 fully saturated rings. The van der Waals surface area contributed by atoms with E-state index in [2.05, 4.69) is 31.2 Å². The first-order chi connectivity index (χ1) is 7.93. The van der Waals surface area contributed by atoms with Gasteiger partial charge in [-0.15, -0.1) is 11.8 Å². The van der Waals surface area contributed by atoms with Gasteiger partial charge in [0.05, 0.1) is 11.0 Å². The molecule has 0 amide bonds. The Hall–Kier alpha value is -1.34. The van der Waals surface area contributed by atoms with Gasteiger partial charge in [0.2, 0.25) is 0 Å². The van der Waals surface area contributed by atoms with Gasteiger partial charge in [0.1, 0.15) is 10.8 Å². The van der Waals surface area contributed by atoms with Crippen LogP contribution in [0, 0.1) is 16.0 Å². The van der Waals surface area contributed by atoms with Crippen LogP contribution in [0.3, 0.4) is 0 Å². The standard InChI is InChI=1S/C10H16N4O2S/c1-6(2)7(3)17-10-5-8(14(15)16)4-9(12-10)13-11/h4-7H,11H2,1-3H3,(H,12,13). The van der Waals surface area contributed by atoms with E-state index >= 15 is 0 Å². The van der Waals surface area contributed by atoms with Gasteiger partial charge in [-0.25, -0.2) is 10.8 Å². The summed E-state index contributed by atoms with van der Waals surface area (Å²) in [6, 6.07) is 2.77. The van der Waals surface area contributed by atoms with Crippen molar-refractivity contribution < 1.29 is 4.92 Å². The first kappa shape index (κ1) is 13.7. The van der Waals surface area contributed by atoms with E-state index in [0.717, 1.165) is 0 Å². The van der Waals surface area contributed by atoms with Gasteiger partial charge in [-0.1, -0.05) is 20.8 Å². The Morgan fingerprint density at radius 2 is 2.12 bits per heavy atom. The van der Waals surface area contributed by atoms with Crippen molar-refractivity contribution in [3.05, 3.63) is 22.2 Å². The summed E-state index contributed by atoms with van der Waals surface area (Å²) in [4.78, 5) is 14.5. The molecular formula is C10H16N4O2S. The number of nitrogen functional groups attached to an aromatic ring is 1. The van der Waals surface area contributed by atoms with Crippen LogP contribution in [0.4, 0.5) is 11.5 Å². The number of nitro groups is 1. The maximum Gasteiger partial charge on any atom is 0.275 e. The SMILES string of the molecule is CC(C)C(C)Sc1cc([N+](=O)[O-])cc(NN)n1. The third kappa shape index (κ3) is 3.86. The first-order valence-electron chi connectivity index (χ1n) is 5.23. The fourth-order valence-corrected chi connectivity index (χ4v) is 2.05. The number of nitrogens with two attached hydrogens (primary N) is 1. The van der Waals surface area contributed by atoms with Gasteiger partial charge in [-0.2, -0.15) is 0 Å². The lowest BCUT2D eigenvalue weighted by atomic mass is 10.2. The van der Waals surface area contributed by atoms with E-state index in [9.17, 15) is 10.1 Å². The summed E-state index contributed by atoms with van der Waals surface area (Å²) in [7, 11) is 0. The molecule has 1 heterocycles. The minimum absolute atomic E-state index is 0.00796. The van der Waals surface area contributed by atoms with Crippen molar-refractivity contribution in [2.24, 2.45) is 11.8 Å². The van der Waals surface area contributed by atoms with Crippen LogP contribution in [0.15, 0.2) is 17.2 Å². The smallest absolute Gasteiger partial charge is 0.275 e. The van der Waals surface area contributed by atoms with Crippen LogP contribution in [0.25, 0.3) is 0 Å². The van der Waals surface area contributed by atoms with E-state index in [1.54, 1.807) is 0 Å². The van der Waals surface area contributed by atoms with E-state index in [4.69, 9.17) is 5.84 Å². The Labute approximate surface area is 104 Å². The number of thioether (sulfide) groups is 1. The Bertz CT molecular complexity index is 411. The molecule has 1 unspecified atom stereocenters. The molecule has 3 N–H and O–H groups in total. The molecule has 0 radical (unpaired) electrons. The van der Waals surface area contributed by atoms with Gasteiger partial charge in [0.15, 0.2) is 0 Å². The molecule has 0 aliphatic rings. The lowest BCUT2D eigenvalue weighted by Gasteiger charge is -2.14. The second kappa shape index (κ2) is 5.83. The number of nitrogens with one attached hydrogen (secondary N) is 1. The Morgan fingerprint density at radius 1 is 1.47 bits per heavy atom. The van der Waals surface area contributed by atoms with Gasteiger partial charge in [0, 0.05) is 11.3 Å². The fourth-order valence-electron chi connectivity index (χ4n) is 1.06. The normalized spacial score (nSPS) is 12.5. The number of anilines is 1. The van der Waals surface area contributed by atoms with Crippen molar-refractivity contribution in [1.29, 1.82) is 0 Å². The van der Waals surface area contributed by atoms with E-state index in [-0.39, 0.29) is 5.69 Å². The van der Waals surface area contributed by atoms with Crippen molar-refractivity contribution in [3.63, 3.8) is 0 Å². The Kier molecular flexibility index (Phi) is 4.71. The van der Waals surface area contributed by atoms with Crippen molar-refractivity contribution in [3.8, 4) is 0 Å². The largest absolute Gasteiger partial charge is 0.308 e. The average molecular weight is 256 g/mol. The number of pyridine rings is 1. The monoisotopic (exact) mass is 256 g/mol. The van der Waals surface area contributed by atoms with Gasteiger partial charge >= 0.3 is 0 Å². The lowest BCUT2D eigenvalue weighted by molar-refractivity contribution is -0.385. The van der Waals surface area contributed by atoms with Gasteiger partial charge in [-0.3, -0.25) is 10.1 Å². The molecule has 0 aliphatic heterocycles.